The molecule has 0 bridgehead atoms. The van der Waals surface area contributed by atoms with Crippen LogP contribution in [0, 0.1) is 0 Å². The van der Waals surface area contributed by atoms with Gasteiger partial charge in [-0.25, -0.2) is 8.42 Å². The summed E-state index contributed by atoms with van der Waals surface area (Å²) in [4.78, 5) is 17.4. The van der Waals surface area contributed by atoms with Crippen LogP contribution in [0.15, 0.2) is 83.8 Å². The minimum absolute atomic E-state index is 0.00275. The van der Waals surface area contributed by atoms with Gasteiger partial charge in [-0.05, 0) is 48.7 Å². The van der Waals surface area contributed by atoms with Gasteiger partial charge in [0.25, 0.3) is 10.0 Å². The molecule has 0 atom stereocenters. The van der Waals surface area contributed by atoms with E-state index in [0.717, 1.165) is 9.69 Å². The molecule has 0 aliphatic carbocycles. The summed E-state index contributed by atoms with van der Waals surface area (Å²) < 4.78 is 45.1. The number of sulfonamides is 1. The highest BCUT2D eigenvalue weighted by Crippen LogP contribution is 2.35. The van der Waals surface area contributed by atoms with Crippen LogP contribution in [0.3, 0.4) is 0 Å². The van der Waals surface area contributed by atoms with E-state index in [1.54, 1.807) is 42.5 Å². The SMILES string of the molecule is CCOc1ccc(NC(=O)CN(c2ccc(OC)nc2OC)S(=O)(=O)c2cccc3ccccc23)cc1. The third kappa shape index (κ3) is 5.59. The third-order valence-corrected chi connectivity index (χ3v) is 7.36. The van der Waals surface area contributed by atoms with E-state index in [-0.39, 0.29) is 22.3 Å². The van der Waals surface area contributed by atoms with Gasteiger partial charge in [-0.2, -0.15) is 4.98 Å². The molecule has 0 aliphatic heterocycles. The normalized spacial score (nSPS) is 11.1. The van der Waals surface area contributed by atoms with Crippen LogP contribution in [0.5, 0.6) is 17.5 Å². The fourth-order valence-corrected chi connectivity index (χ4v) is 5.48. The molecule has 0 unspecified atom stereocenters. The number of hydrogen-bond donors (Lipinski definition) is 1. The Morgan fingerprint density at radius 1 is 0.919 bits per heavy atom. The highest BCUT2D eigenvalue weighted by Gasteiger charge is 2.31. The average molecular weight is 522 g/mol. The first kappa shape index (κ1) is 25.8. The van der Waals surface area contributed by atoms with Gasteiger partial charge < -0.3 is 19.5 Å². The smallest absolute Gasteiger partial charge is 0.265 e. The number of nitrogens with one attached hydrogen (secondary N) is 1. The van der Waals surface area contributed by atoms with E-state index < -0.39 is 22.5 Å². The second kappa shape index (κ2) is 11.2. The first-order chi connectivity index (χ1) is 17.9. The minimum atomic E-state index is -4.24. The lowest BCUT2D eigenvalue weighted by Crippen LogP contribution is -2.38. The largest absolute Gasteiger partial charge is 0.494 e. The van der Waals surface area contributed by atoms with Gasteiger partial charge in [0.05, 0.1) is 25.7 Å². The van der Waals surface area contributed by atoms with Crippen molar-refractivity contribution in [3.8, 4) is 17.5 Å². The first-order valence-corrected chi connectivity index (χ1v) is 12.9. The average Bonchev–Trinajstić information content (AvgIpc) is 2.92. The lowest BCUT2D eigenvalue weighted by molar-refractivity contribution is -0.114. The van der Waals surface area contributed by atoms with Crippen LogP contribution < -0.4 is 23.8 Å². The molecule has 0 fully saturated rings. The van der Waals surface area contributed by atoms with Crippen LogP contribution >= 0.6 is 0 Å². The number of fused-ring (bicyclic) bond motifs is 1. The maximum Gasteiger partial charge on any atom is 0.265 e. The van der Waals surface area contributed by atoms with Crippen molar-refractivity contribution in [1.29, 1.82) is 0 Å². The molecule has 1 N–H and O–H groups in total. The fourth-order valence-electron chi connectivity index (χ4n) is 3.84. The van der Waals surface area contributed by atoms with Gasteiger partial charge in [-0.3, -0.25) is 9.10 Å². The number of aromatic nitrogens is 1. The number of pyridine rings is 1. The molecule has 3 aromatic carbocycles. The van der Waals surface area contributed by atoms with Crippen LogP contribution in [-0.2, 0) is 14.8 Å². The zero-order valence-electron chi connectivity index (χ0n) is 20.7. The summed E-state index contributed by atoms with van der Waals surface area (Å²) in [6.07, 6.45) is 0. The first-order valence-electron chi connectivity index (χ1n) is 11.5. The van der Waals surface area contributed by atoms with Crippen molar-refractivity contribution in [2.24, 2.45) is 0 Å². The van der Waals surface area contributed by atoms with Gasteiger partial charge >= 0.3 is 0 Å². The van der Waals surface area contributed by atoms with E-state index in [2.05, 4.69) is 10.3 Å². The van der Waals surface area contributed by atoms with Crippen molar-refractivity contribution in [2.45, 2.75) is 11.8 Å². The molecule has 1 amide bonds. The van der Waals surface area contributed by atoms with Gasteiger partial charge in [0.15, 0.2) is 0 Å². The van der Waals surface area contributed by atoms with E-state index in [1.165, 1.54) is 32.4 Å². The molecule has 37 heavy (non-hydrogen) atoms. The Balaban J connectivity index is 1.75. The van der Waals surface area contributed by atoms with Crippen LogP contribution in [0.25, 0.3) is 10.8 Å². The molecular formula is C27H27N3O6S. The molecule has 9 nitrogen and oxygen atoms in total. The van der Waals surface area contributed by atoms with Crippen molar-refractivity contribution < 1.29 is 27.4 Å². The second-order valence-corrected chi connectivity index (χ2v) is 9.71. The number of hydrogen-bond acceptors (Lipinski definition) is 7. The Labute approximate surface area is 215 Å². The highest BCUT2D eigenvalue weighted by molar-refractivity contribution is 7.93. The van der Waals surface area contributed by atoms with Crippen molar-refractivity contribution in [1.82, 2.24) is 4.98 Å². The van der Waals surface area contributed by atoms with Crippen molar-refractivity contribution >= 4 is 38.1 Å². The molecule has 0 aliphatic rings. The number of carbonyl (C=O) groups excluding carboxylic acids is 1. The number of nitrogens with zero attached hydrogens (tertiary/aromatic N) is 2. The van der Waals surface area contributed by atoms with E-state index >= 15 is 0 Å². The number of rotatable bonds is 10. The zero-order chi connectivity index (χ0) is 26.4. The van der Waals surface area contributed by atoms with Gasteiger partial charge in [-0.15, -0.1) is 0 Å². The Morgan fingerprint density at radius 3 is 2.35 bits per heavy atom. The Hall–Kier alpha value is -4.31. The van der Waals surface area contributed by atoms with E-state index in [1.807, 2.05) is 25.1 Å². The maximum atomic E-state index is 14.1. The quantitative estimate of drug-likeness (QED) is 0.328. The van der Waals surface area contributed by atoms with Crippen LogP contribution in [0.4, 0.5) is 11.4 Å². The van der Waals surface area contributed by atoms with Crippen LogP contribution in [0.2, 0.25) is 0 Å². The molecule has 1 heterocycles. The lowest BCUT2D eigenvalue weighted by atomic mass is 10.1. The Morgan fingerprint density at radius 2 is 1.65 bits per heavy atom. The zero-order valence-corrected chi connectivity index (χ0v) is 21.5. The van der Waals surface area contributed by atoms with Gasteiger partial charge in [0, 0.05) is 17.1 Å². The topological polar surface area (TPSA) is 107 Å². The minimum Gasteiger partial charge on any atom is -0.494 e. The van der Waals surface area contributed by atoms with Crippen LogP contribution in [-0.4, -0.2) is 46.7 Å². The summed E-state index contributed by atoms with van der Waals surface area (Å²) in [5.74, 6) is 0.347. The summed E-state index contributed by atoms with van der Waals surface area (Å²) >= 11 is 0. The third-order valence-electron chi connectivity index (χ3n) is 5.54. The van der Waals surface area contributed by atoms with E-state index in [4.69, 9.17) is 14.2 Å². The summed E-state index contributed by atoms with van der Waals surface area (Å²) in [6.45, 7) is 1.87. The molecule has 10 heteroatoms. The van der Waals surface area contributed by atoms with Gasteiger partial charge in [0.2, 0.25) is 17.7 Å². The molecule has 0 spiro atoms. The molecule has 4 aromatic rings. The van der Waals surface area contributed by atoms with Gasteiger partial charge in [0.1, 0.15) is 18.0 Å². The molecule has 4 rings (SSSR count). The number of amides is 1. The molecular weight excluding hydrogens is 494 g/mol. The summed E-state index contributed by atoms with van der Waals surface area (Å²) in [5.41, 5.74) is 0.592. The van der Waals surface area contributed by atoms with Crippen molar-refractivity contribution in [3.05, 3.63) is 78.9 Å². The molecule has 1 aromatic heterocycles. The van der Waals surface area contributed by atoms with E-state index in [0.29, 0.717) is 23.4 Å². The van der Waals surface area contributed by atoms with Crippen molar-refractivity contribution in [2.75, 3.05) is 37.0 Å². The maximum absolute atomic E-state index is 14.1. The predicted molar refractivity (Wildman–Crippen MR) is 142 cm³/mol. The second-order valence-electron chi connectivity index (χ2n) is 7.88. The van der Waals surface area contributed by atoms with Crippen molar-refractivity contribution in [3.63, 3.8) is 0 Å². The van der Waals surface area contributed by atoms with Gasteiger partial charge in [-0.1, -0.05) is 36.4 Å². The summed E-state index contributed by atoms with van der Waals surface area (Å²) in [7, 11) is -1.43. The molecule has 0 saturated carbocycles. The monoisotopic (exact) mass is 521 g/mol. The Kier molecular flexibility index (Phi) is 7.78. The number of ether oxygens (including phenoxy) is 3. The molecule has 0 radical (unpaired) electrons. The summed E-state index contributed by atoms with van der Waals surface area (Å²) in [5, 5.41) is 4.03. The summed E-state index contributed by atoms with van der Waals surface area (Å²) in [6, 6.07) is 22.0. The molecule has 0 saturated heterocycles. The molecule has 192 valence electrons. The fraction of sp³-hybridized carbons (Fsp3) is 0.185. The standard InChI is InChI=1S/C27H27N3O6S/c1-4-36-21-14-12-20(13-15-21)28-25(31)18-30(23-16-17-26(34-2)29-27(23)35-3)37(32,33)24-11-7-9-19-8-5-6-10-22(19)24/h5-17H,4,18H2,1-3H3,(H,28,31). The lowest BCUT2D eigenvalue weighted by Gasteiger charge is -2.26. The van der Waals surface area contributed by atoms with Crippen LogP contribution in [0.1, 0.15) is 6.92 Å². The predicted octanol–water partition coefficient (Wildman–Crippen LogP) is 4.48. The number of benzene rings is 3. The number of methoxy groups -OCH3 is 2. The van der Waals surface area contributed by atoms with E-state index in [9.17, 15) is 13.2 Å². The number of anilines is 2. The highest BCUT2D eigenvalue weighted by atomic mass is 32.2. The Bertz CT molecular complexity index is 1500. The number of carbonyl (C=O) groups is 1.